The van der Waals surface area contributed by atoms with Gasteiger partial charge in [0.1, 0.15) is 0 Å². The van der Waals surface area contributed by atoms with Gasteiger partial charge in [0, 0.05) is 17.1 Å². The Hall–Kier alpha value is -1.81. The number of aryl methyl sites for hydroxylation is 2. The van der Waals surface area contributed by atoms with Crippen LogP contribution in [-0.2, 0) is 6.54 Å². The number of anilines is 1. The summed E-state index contributed by atoms with van der Waals surface area (Å²) in [6.07, 6.45) is 0. The van der Waals surface area contributed by atoms with E-state index in [1.54, 1.807) is 17.4 Å². The van der Waals surface area contributed by atoms with Crippen molar-refractivity contribution in [3.05, 3.63) is 51.2 Å². The number of thiophene rings is 1. The molecule has 2 aromatic rings. The first-order valence-corrected chi connectivity index (χ1v) is 6.56. The van der Waals surface area contributed by atoms with Crippen LogP contribution >= 0.6 is 11.3 Å². The third-order valence-electron chi connectivity index (χ3n) is 2.81. The van der Waals surface area contributed by atoms with Crippen LogP contribution in [0.5, 0.6) is 0 Å². The van der Waals surface area contributed by atoms with Crippen LogP contribution in [0.2, 0.25) is 0 Å². The molecule has 0 radical (unpaired) electrons. The molecule has 0 saturated heterocycles. The van der Waals surface area contributed by atoms with Gasteiger partial charge in [0.2, 0.25) is 0 Å². The Balaban J connectivity index is 2.20. The summed E-state index contributed by atoms with van der Waals surface area (Å²) in [4.78, 5) is 12.4. The normalized spacial score (nSPS) is 10.3. The molecule has 2 N–H and O–H groups in total. The zero-order valence-electron chi connectivity index (χ0n) is 10.4. The van der Waals surface area contributed by atoms with E-state index in [1.807, 2.05) is 24.4 Å². The fourth-order valence-corrected chi connectivity index (χ4v) is 2.60. The van der Waals surface area contributed by atoms with Crippen LogP contribution in [0.25, 0.3) is 0 Å². The number of aromatic carboxylic acids is 1. The maximum Gasteiger partial charge on any atom is 0.337 e. The fraction of sp³-hybridized carbons (Fsp3) is 0.214. The highest BCUT2D eigenvalue weighted by Crippen LogP contribution is 2.21. The molecular formula is C14H15NO2S. The van der Waals surface area contributed by atoms with Crippen molar-refractivity contribution in [2.75, 3.05) is 5.32 Å². The summed E-state index contributed by atoms with van der Waals surface area (Å²) in [5, 5.41) is 14.4. The van der Waals surface area contributed by atoms with Gasteiger partial charge in [-0.2, -0.15) is 0 Å². The van der Waals surface area contributed by atoms with E-state index in [2.05, 4.69) is 18.3 Å². The number of nitrogens with one attached hydrogen (secondary N) is 1. The molecule has 3 nitrogen and oxygen atoms in total. The van der Waals surface area contributed by atoms with Crippen molar-refractivity contribution in [3.8, 4) is 0 Å². The Kier molecular flexibility index (Phi) is 3.67. The molecule has 0 aliphatic heterocycles. The first-order valence-electron chi connectivity index (χ1n) is 5.68. The van der Waals surface area contributed by atoms with Crippen molar-refractivity contribution in [2.45, 2.75) is 20.4 Å². The summed E-state index contributed by atoms with van der Waals surface area (Å²) < 4.78 is 0. The lowest BCUT2D eigenvalue weighted by atomic mass is 10.1. The molecule has 1 aromatic carbocycles. The summed E-state index contributed by atoms with van der Waals surface area (Å²) in [7, 11) is 0. The predicted octanol–water partition coefficient (Wildman–Crippen LogP) is 3.68. The van der Waals surface area contributed by atoms with E-state index >= 15 is 0 Å². The number of benzene rings is 1. The van der Waals surface area contributed by atoms with Crippen LogP contribution in [0, 0.1) is 13.8 Å². The van der Waals surface area contributed by atoms with E-state index in [0.29, 0.717) is 17.8 Å². The third-order valence-corrected chi connectivity index (χ3v) is 3.84. The van der Waals surface area contributed by atoms with E-state index in [4.69, 9.17) is 5.11 Å². The van der Waals surface area contributed by atoms with Crippen LogP contribution in [0.3, 0.4) is 0 Å². The second-order valence-electron chi connectivity index (χ2n) is 4.23. The molecule has 2 rings (SSSR count). The minimum atomic E-state index is -0.902. The average molecular weight is 261 g/mol. The van der Waals surface area contributed by atoms with Crippen molar-refractivity contribution in [1.29, 1.82) is 0 Å². The van der Waals surface area contributed by atoms with Crippen LogP contribution in [-0.4, -0.2) is 11.1 Å². The van der Waals surface area contributed by atoms with Gasteiger partial charge in [0.05, 0.1) is 5.56 Å². The van der Waals surface area contributed by atoms with Gasteiger partial charge < -0.3 is 10.4 Å². The van der Waals surface area contributed by atoms with Crippen LogP contribution in [0.1, 0.15) is 26.4 Å². The van der Waals surface area contributed by atoms with Crippen molar-refractivity contribution < 1.29 is 9.90 Å². The number of carboxylic acid groups (broad SMARTS) is 1. The molecule has 0 aliphatic carbocycles. The summed E-state index contributed by atoms with van der Waals surface area (Å²) in [5.41, 5.74) is 3.27. The number of carbonyl (C=O) groups is 1. The van der Waals surface area contributed by atoms with E-state index < -0.39 is 5.97 Å². The Morgan fingerprint density at radius 2 is 2.11 bits per heavy atom. The Morgan fingerprint density at radius 3 is 2.72 bits per heavy atom. The lowest BCUT2D eigenvalue weighted by Crippen LogP contribution is -2.06. The van der Waals surface area contributed by atoms with E-state index in [9.17, 15) is 4.79 Å². The van der Waals surface area contributed by atoms with E-state index in [0.717, 1.165) is 5.56 Å². The Morgan fingerprint density at radius 1 is 1.33 bits per heavy atom. The van der Waals surface area contributed by atoms with E-state index in [-0.39, 0.29) is 0 Å². The molecule has 0 unspecified atom stereocenters. The number of rotatable bonds is 4. The van der Waals surface area contributed by atoms with Crippen LogP contribution in [0.15, 0.2) is 29.6 Å². The standard InChI is InChI=1S/C14H15NO2S/c1-9-3-4-11(14(16)17)12(7-9)15-8-13-10(2)5-6-18-13/h3-7,15H,8H2,1-2H3,(H,16,17). The second-order valence-corrected chi connectivity index (χ2v) is 5.24. The van der Waals surface area contributed by atoms with Crippen molar-refractivity contribution in [3.63, 3.8) is 0 Å². The van der Waals surface area contributed by atoms with E-state index in [1.165, 1.54) is 10.4 Å². The number of carboxylic acids is 1. The summed E-state index contributed by atoms with van der Waals surface area (Å²) >= 11 is 1.68. The molecule has 1 aromatic heterocycles. The summed E-state index contributed by atoms with van der Waals surface area (Å²) in [5.74, 6) is -0.902. The van der Waals surface area contributed by atoms with Gasteiger partial charge in [0.25, 0.3) is 0 Å². The summed E-state index contributed by atoms with van der Waals surface area (Å²) in [6.45, 7) is 4.67. The molecule has 4 heteroatoms. The highest BCUT2D eigenvalue weighted by Gasteiger charge is 2.10. The average Bonchev–Trinajstić information content (AvgIpc) is 2.72. The van der Waals surface area contributed by atoms with Gasteiger partial charge in [-0.25, -0.2) is 4.79 Å². The summed E-state index contributed by atoms with van der Waals surface area (Å²) in [6, 6.07) is 7.38. The monoisotopic (exact) mass is 261 g/mol. The van der Waals surface area contributed by atoms with Gasteiger partial charge in [-0.3, -0.25) is 0 Å². The number of hydrogen-bond donors (Lipinski definition) is 2. The molecule has 0 amide bonds. The minimum Gasteiger partial charge on any atom is -0.478 e. The molecule has 0 atom stereocenters. The van der Waals surface area contributed by atoms with Crippen molar-refractivity contribution in [2.24, 2.45) is 0 Å². The largest absolute Gasteiger partial charge is 0.478 e. The molecule has 0 fully saturated rings. The highest BCUT2D eigenvalue weighted by molar-refractivity contribution is 7.10. The van der Waals surface area contributed by atoms with Crippen LogP contribution < -0.4 is 5.32 Å². The molecule has 0 aliphatic rings. The topological polar surface area (TPSA) is 49.3 Å². The van der Waals surface area contributed by atoms with Gasteiger partial charge in [0.15, 0.2) is 0 Å². The molecule has 0 bridgehead atoms. The molecule has 18 heavy (non-hydrogen) atoms. The van der Waals surface area contributed by atoms with Gasteiger partial charge in [-0.15, -0.1) is 11.3 Å². The van der Waals surface area contributed by atoms with Crippen molar-refractivity contribution >= 4 is 23.0 Å². The maximum atomic E-state index is 11.1. The smallest absolute Gasteiger partial charge is 0.337 e. The Bertz CT molecular complexity index is 575. The second kappa shape index (κ2) is 5.23. The van der Waals surface area contributed by atoms with Gasteiger partial charge in [-0.1, -0.05) is 6.07 Å². The predicted molar refractivity (Wildman–Crippen MR) is 74.5 cm³/mol. The maximum absolute atomic E-state index is 11.1. The molecule has 0 saturated carbocycles. The van der Waals surface area contributed by atoms with Crippen molar-refractivity contribution in [1.82, 2.24) is 0 Å². The lowest BCUT2D eigenvalue weighted by molar-refractivity contribution is 0.0698. The first-order chi connectivity index (χ1) is 8.58. The zero-order valence-corrected chi connectivity index (χ0v) is 11.2. The number of hydrogen-bond acceptors (Lipinski definition) is 3. The minimum absolute atomic E-state index is 0.315. The molecular weight excluding hydrogens is 246 g/mol. The first kappa shape index (κ1) is 12.6. The lowest BCUT2D eigenvalue weighted by Gasteiger charge is -2.10. The van der Waals surface area contributed by atoms with Gasteiger partial charge in [-0.05, 0) is 48.6 Å². The SMILES string of the molecule is Cc1ccc(C(=O)O)c(NCc2sccc2C)c1. The third kappa shape index (κ3) is 2.71. The highest BCUT2D eigenvalue weighted by atomic mass is 32.1. The quantitative estimate of drug-likeness (QED) is 0.882. The van der Waals surface area contributed by atoms with Crippen LogP contribution in [0.4, 0.5) is 5.69 Å². The molecule has 94 valence electrons. The molecule has 0 spiro atoms. The van der Waals surface area contributed by atoms with Gasteiger partial charge >= 0.3 is 5.97 Å². The zero-order chi connectivity index (χ0) is 13.1. The fourth-order valence-electron chi connectivity index (χ4n) is 1.75. The molecule has 1 heterocycles. The Labute approximate surface area is 110 Å².